The molecule has 2 aromatic carbocycles. The Balaban J connectivity index is 1.39. The van der Waals surface area contributed by atoms with E-state index in [0.29, 0.717) is 11.7 Å². The van der Waals surface area contributed by atoms with Crippen molar-refractivity contribution in [2.45, 2.75) is 57.9 Å². The number of allylic oxidation sites excluding steroid dienone is 2. The van der Waals surface area contributed by atoms with E-state index >= 15 is 0 Å². The molecule has 0 aliphatic heterocycles. The molecule has 0 unspecified atom stereocenters. The van der Waals surface area contributed by atoms with Crippen molar-refractivity contribution >= 4 is 0 Å². The van der Waals surface area contributed by atoms with E-state index in [2.05, 4.69) is 67.8 Å². The van der Waals surface area contributed by atoms with E-state index in [9.17, 15) is 0 Å². The highest BCUT2D eigenvalue weighted by molar-refractivity contribution is 5.80. The van der Waals surface area contributed by atoms with Gasteiger partial charge < -0.3 is 0 Å². The zero-order valence-corrected chi connectivity index (χ0v) is 19.0. The Kier molecular flexibility index (Phi) is 6.37. The number of hydrogen-bond donors (Lipinski definition) is 1. The van der Waals surface area contributed by atoms with E-state index in [-0.39, 0.29) is 0 Å². The largest absolute Gasteiger partial charge is 0.246 e. The van der Waals surface area contributed by atoms with Gasteiger partial charge in [0.25, 0.3) is 0 Å². The van der Waals surface area contributed by atoms with Gasteiger partial charge in [-0.2, -0.15) is 10.3 Å². The standard InChI is InChI=1S/C26H29N7/c1-2-3-17-33-24(27-25(30-33)21-9-5-4-6-10-21)18-19-13-15-20(16-14-19)22-11-7-8-12-23(22)26-28-31-32-29-26/h2-3,7-8,11-16,21H,4-6,9-10,17-18H2,1H3,(H,28,29,31,32)/b3-2+. The van der Waals surface area contributed by atoms with Crippen LogP contribution in [0.2, 0.25) is 0 Å². The van der Waals surface area contributed by atoms with Crippen molar-refractivity contribution in [1.82, 2.24) is 35.4 Å². The third kappa shape index (κ3) is 4.77. The van der Waals surface area contributed by atoms with Gasteiger partial charge in [0.15, 0.2) is 5.82 Å². The third-order valence-electron chi connectivity index (χ3n) is 6.39. The predicted molar refractivity (Wildman–Crippen MR) is 129 cm³/mol. The van der Waals surface area contributed by atoms with E-state index in [0.717, 1.165) is 41.3 Å². The van der Waals surface area contributed by atoms with Crippen molar-refractivity contribution in [3.63, 3.8) is 0 Å². The fourth-order valence-electron chi connectivity index (χ4n) is 4.60. The van der Waals surface area contributed by atoms with E-state index in [1.165, 1.54) is 37.7 Å². The molecule has 7 heteroatoms. The number of aromatic amines is 1. The summed E-state index contributed by atoms with van der Waals surface area (Å²) in [6.07, 6.45) is 11.3. The van der Waals surface area contributed by atoms with Crippen LogP contribution in [-0.4, -0.2) is 35.4 Å². The highest BCUT2D eigenvalue weighted by Gasteiger charge is 2.21. The van der Waals surface area contributed by atoms with E-state index < -0.39 is 0 Å². The van der Waals surface area contributed by atoms with Gasteiger partial charge in [0.05, 0.1) is 6.54 Å². The summed E-state index contributed by atoms with van der Waals surface area (Å²) in [6, 6.07) is 16.8. The molecule has 1 saturated carbocycles. The van der Waals surface area contributed by atoms with Crippen LogP contribution in [0.1, 0.15) is 62.2 Å². The Morgan fingerprint density at radius 1 is 1.00 bits per heavy atom. The quantitative estimate of drug-likeness (QED) is 0.393. The van der Waals surface area contributed by atoms with E-state index in [4.69, 9.17) is 10.1 Å². The van der Waals surface area contributed by atoms with E-state index in [1.807, 2.05) is 25.1 Å². The molecule has 1 fully saturated rings. The minimum Gasteiger partial charge on any atom is -0.246 e. The van der Waals surface area contributed by atoms with Crippen LogP contribution in [0.25, 0.3) is 22.5 Å². The summed E-state index contributed by atoms with van der Waals surface area (Å²) in [5.74, 6) is 3.17. The molecule has 4 aromatic rings. The minimum atomic E-state index is 0.508. The number of H-pyrrole nitrogens is 1. The van der Waals surface area contributed by atoms with Crippen LogP contribution < -0.4 is 0 Å². The number of nitrogens with zero attached hydrogens (tertiary/aromatic N) is 6. The predicted octanol–water partition coefficient (Wildman–Crippen LogP) is 5.34. The second kappa shape index (κ2) is 9.90. The Morgan fingerprint density at radius 3 is 2.52 bits per heavy atom. The van der Waals surface area contributed by atoms with Crippen LogP contribution in [0.4, 0.5) is 0 Å². The fraction of sp³-hybridized carbons (Fsp3) is 0.346. The molecule has 0 bridgehead atoms. The number of nitrogens with one attached hydrogen (secondary N) is 1. The van der Waals surface area contributed by atoms with E-state index in [1.54, 1.807) is 0 Å². The number of tetrazole rings is 1. The summed E-state index contributed by atoms with van der Waals surface area (Å²) < 4.78 is 2.07. The molecule has 0 saturated heterocycles. The van der Waals surface area contributed by atoms with Gasteiger partial charge in [-0.3, -0.25) is 0 Å². The molecule has 1 aliphatic carbocycles. The third-order valence-corrected chi connectivity index (χ3v) is 6.39. The van der Waals surface area contributed by atoms with Crippen LogP contribution in [0.3, 0.4) is 0 Å². The summed E-state index contributed by atoms with van der Waals surface area (Å²) in [7, 11) is 0. The Labute approximate surface area is 194 Å². The number of benzene rings is 2. The summed E-state index contributed by atoms with van der Waals surface area (Å²) >= 11 is 0. The molecule has 33 heavy (non-hydrogen) atoms. The lowest BCUT2D eigenvalue weighted by molar-refractivity contribution is 0.427. The molecule has 168 valence electrons. The second-order valence-corrected chi connectivity index (χ2v) is 8.63. The second-order valence-electron chi connectivity index (χ2n) is 8.63. The highest BCUT2D eigenvalue weighted by Crippen LogP contribution is 2.32. The molecule has 2 heterocycles. The molecule has 2 aromatic heterocycles. The van der Waals surface area contributed by atoms with Crippen LogP contribution >= 0.6 is 0 Å². The zero-order chi connectivity index (χ0) is 22.5. The smallest absolute Gasteiger partial charge is 0.205 e. The lowest BCUT2D eigenvalue weighted by Gasteiger charge is -2.18. The first-order valence-electron chi connectivity index (χ1n) is 11.8. The number of aromatic nitrogens is 7. The summed E-state index contributed by atoms with van der Waals surface area (Å²) in [4.78, 5) is 5.00. The molecule has 7 nitrogen and oxygen atoms in total. The zero-order valence-electron chi connectivity index (χ0n) is 19.0. The topological polar surface area (TPSA) is 85.2 Å². The highest BCUT2D eigenvalue weighted by atomic mass is 15.5. The molecule has 1 aliphatic rings. The first kappa shape index (κ1) is 21.2. The van der Waals surface area contributed by atoms with Gasteiger partial charge >= 0.3 is 0 Å². The average Bonchev–Trinajstić information content (AvgIpc) is 3.54. The van der Waals surface area contributed by atoms with Gasteiger partial charge in [0.1, 0.15) is 5.82 Å². The maximum atomic E-state index is 5.00. The van der Waals surface area contributed by atoms with Crippen molar-refractivity contribution in [1.29, 1.82) is 0 Å². The SMILES string of the molecule is C/C=C/Cn1nc(C2CCCCC2)nc1Cc1ccc(-c2ccccc2-c2nn[nH]n2)cc1. The van der Waals surface area contributed by atoms with Crippen molar-refractivity contribution < 1.29 is 0 Å². The van der Waals surface area contributed by atoms with Gasteiger partial charge in [-0.25, -0.2) is 9.67 Å². The fourth-order valence-corrected chi connectivity index (χ4v) is 4.60. The Hall–Kier alpha value is -3.61. The molecular formula is C26H29N7. The maximum Gasteiger partial charge on any atom is 0.205 e. The lowest BCUT2D eigenvalue weighted by atomic mass is 9.89. The Morgan fingerprint density at radius 2 is 1.79 bits per heavy atom. The monoisotopic (exact) mass is 439 g/mol. The van der Waals surface area contributed by atoms with Crippen LogP contribution in [0.5, 0.6) is 0 Å². The molecular weight excluding hydrogens is 410 g/mol. The summed E-state index contributed by atoms with van der Waals surface area (Å²) in [6.45, 7) is 2.81. The molecule has 0 radical (unpaired) electrons. The summed E-state index contributed by atoms with van der Waals surface area (Å²) in [5.41, 5.74) is 4.39. The number of hydrogen-bond acceptors (Lipinski definition) is 5. The van der Waals surface area contributed by atoms with Gasteiger partial charge in [0, 0.05) is 17.9 Å². The van der Waals surface area contributed by atoms with Crippen molar-refractivity contribution in [3.05, 3.63) is 77.9 Å². The van der Waals surface area contributed by atoms with Crippen molar-refractivity contribution in [2.75, 3.05) is 0 Å². The van der Waals surface area contributed by atoms with Crippen LogP contribution in [0.15, 0.2) is 60.7 Å². The van der Waals surface area contributed by atoms with Crippen molar-refractivity contribution in [3.8, 4) is 22.5 Å². The van der Waals surface area contributed by atoms with Crippen LogP contribution in [0, 0.1) is 0 Å². The van der Waals surface area contributed by atoms with Gasteiger partial charge in [-0.15, -0.1) is 10.2 Å². The lowest BCUT2D eigenvalue weighted by Crippen LogP contribution is -2.07. The minimum absolute atomic E-state index is 0.508. The van der Waals surface area contributed by atoms with Crippen molar-refractivity contribution in [2.24, 2.45) is 0 Å². The molecule has 1 N–H and O–H groups in total. The van der Waals surface area contributed by atoms with Gasteiger partial charge in [-0.05, 0) is 41.7 Å². The molecule has 0 amide bonds. The molecule has 0 atom stereocenters. The van der Waals surface area contributed by atoms with Gasteiger partial charge in [-0.1, -0.05) is 79.9 Å². The average molecular weight is 440 g/mol. The normalized spacial score (nSPS) is 14.8. The molecule has 5 rings (SSSR count). The van der Waals surface area contributed by atoms with Crippen LogP contribution in [-0.2, 0) is 13.0 Å². The molecule has 0 spiro atoms. The first-order chi connectivity index (χ1) is 16.3. The first-order valence-corrected chi connectivity index (χ1v) is 11.8. The summed E-state index contributed by atoms with van der Waals surface area (Å²) in [5, 5.41) is 19.4. The number of rotatable bonds is 7. The maximum absolute atomic E-state index is 5.00. The van der Waals surface area contributed by atoms with Gasteiger partial charge in [0.2, 0.25) is 5.82 Å². The Bertz CT molecular complexity index is 1200.